The maximum Gasteiger partial charge on any atom is 0.434 e. The van der Waals surface area contributed by atoms with Gasteiger partial charge in [-0.15, -0.1) is 0 Å². The summed E-state index contributed by atoms with van der Waals surface area (Å²) in [5.41, 5.74) is -0.507. The zero-order chi connectivity index (χ0) is 11.5. The van der Waals surface area contributed by atoms with Gasteiger partial charge >= 0.3 is 6.09 Å². The number of carbonyl (C=O) groups excluding carboxylic acids is 1. The lowest BCUT2D eigenvalue weighted by molar-refractivity contribution is 0.0604. The number of hydrogen-bond acceptors (Lipinski definition) is 3. The molecule has 4 nitrogen and oxygen atoms in total. The van der Waals surface area contributed by atoms with E-state index in [1.807, 2.05) is 13.0 Å². The lowest BCUT2D eigenvalue weighted by atomic mass is 10.2. The molecular formula is C11H17NO3. The first kappa shape index (κ1) is 11.8. The topological polar surface area (TPSA) is 47.9 Å². The molecular weight excluding hydrogens is 194 g/mol. The monoisotopic (exact) mass is 211 g/mol. The van der Waals surface area contributed by atoms with E-state index in [2.05, 4.69) is 4.99 Å². The molecule has 1 aliphatic heterocycles. The highest BCUT2D eigenvalue weighted by atomic mass is 16.6. The van der Waals surface area contributed by atoms with Crippen LogP contribution in [0.5, 0.6) is 0 Å². The Kier molecular flexibility index (Phi) is 3.50. The first-order valence-corrected chi connectivity index (χ1v) is 4.98. The quantitative estimate of drug-likeness (QED) is 0.626. The van der Waals surface area contributed by atoms with Gasteiger partial charge in [-0.3, -0.25) is 0 Å². The Morgan fingerprint density at radius 2 is 2.33 bits per heavy atom. The number of ether oxygens (including phenoxy) is 2. The van der Waals surface area contributed by atoms with Gasteiger partial charge in [0.2, 0.25) is 0 Å². The maximum absolute atomic E-state index is 11.2. The zero-order valence-corrected chi connectivity index (χ0v) is 9.61. The van der Waals surface area contributed by atoms with Gasteiger partial charge in [0.1, 0.15) is 11.4 Å². The molecule has 1 unspecified atom stereocenters. The van der Waals surface area contributed by atoms with Crippen molar-refractivity contribution in [3.05, 3.63) is 11.8 Å². The van der Waals surface area contributed by atoms with Crippen LogP contribution < -0.4 is 0 Å². The van der Waals surface area contributed by atoms with Gasteiger partial charge in [-0.05, 0) is 26.8 Å². The fourth-order valence-corrected chi connectivity index (χ4v) is 1.09. The Hall–Kier alpha value is -1.32. The third-order valence-corrected chi connectivity index (χ3v) is 1.65. The Morgan fingerprint density at radius 1 is 1.67 bits per heavy atom. The number of allylic oxidation sites excluding steroid dienone is 1. The third kappa shape index (κ3) is 4.63. The lowest BCUT2D eigenvalue weighted by Crippen LogP contribution is -2.21. The summed E-state index contributed by atoms with van der Waals surface area (Å²) < 4.78 is 10.3. The second kappa shape index (κ2) is 4.47. The smallest absolute Gasteiger partial charge is 0.434 e. The fourth-order valence-electron chi connectivity index (χ4n) is 1.09. The number of amides is 1. The van der Waals surface area contributed by atoms with E-state index in [-0.39, 0.29) is 0 Å². The van der Waals surface area contributed by atoms with E-state index in [4.69, 9.17) is 9.47 Å². The van der Waals surface area contributed by atoms with Gasteiger partial charge in [-0.1, -0.05) is 6.92 Å². The van der Waals surface area contributed by atoms with Gasteiger partial charge in [0.05, 0.1) is 12.8 Å². The molecule has 84 valence electrons. The number of aliphatic imine (C=N–C) groups is 1. The Bertz CT molecular complexity index is 299. The molecule has 0 aliphatic carbocycles. The number of nitrogens with zero attached hydrogens (tertiary/aromatic N) is 1. The molecule has 0 aromatic carbocycles. The van der Waals surface area contributed by atoms with Crippen LogP contribution >= 0.6 is 0 Å². The molecule has 0 N–H and O–H groups in total. The summed E-state index contributed by atoms with van der Waals surface area (Å²) in [4.78, 5) is 14.8. The van der Waals surface area contributed by atoms with Crippen molar-refractivity contribution in [1.82, 2.24) is 0 Å². The van der Waals surface area contributed by atoms with Crippen molar-refractivity contribution < 1.29 is 14.3 Å². The Balaban J connectivity index is 2.45. The summed E-state index contributed by atoms with van der Waals surface area (Å²) in [7, 11) is 0. The minimum atomic E-state index is -0.591. The van der Waals surface area contributed by atoms with E-state index in [9.17, 15) is 4.79 Å². The normalized spacial score (nSPS) is 21.3. The van der Waals surface area contributed by atoms with E-state index in [1.165, 1.54) is 6.21 Å². The summed E-state index contributed by atoms with van der Waals surface area (Å²) >= 11 is 0. The van der Waals surface area contributed by atoms with Crippen molar-refractivity contribution in [2.24, 2.45) is 10.9 Å². The molecule has 4 heteroatoms. The molecule has 1 aliphatic rings. The van der Waals surface area contributed by atoms with Gasteiger partial charge in [-0.2, -0.15) is 4.99 Å². The first-order valence-electron chi connectivity index (χ1n) is 4.98. The molecule has 0 saturated carbocycles. The van der Waals surface area contributed by atoms with E-state index in [0.717, 1.165) is 0 Å². The van der Waals surface area contributed by atoms with Crippen LogP contribution in [0.2, 0.25) is 0 Å². The van der Waals surface area contributed by atoms with Crippen LogP contribution in [0.1, 0.15) is 27.7 Å². The summed E-state index contributed by atoms with van der Waals surface area (Å²) in [6, 6.07) is 0. The second-order valence-corrected chi connectivity index (χ2v) is 4.60. The Morgan fingerprint density at radius 3 is 2.80 bits per heavy atom. The van der Waals surface area contributed by atoms with Crippen LogP contribution in [-0.2, 0) is 9.47 Å². The van der Waals surface area contributed by atoms with Crippen LogP contribution in [0, 0.1) is 5.92 Å². The largest absolute Gasteiger partial charge is 0.492 e. The summed E-state index contributed by atoms with van der Waals surface area (Å²) in [6.45, 7) is 8.08. The van der Waals surface area contributed by atoms with Crippen molar-refractivity contribution >= 4 is 12.3 Å². The number of hydrogen-bond donors (Lipinski definition) is 0. The van der Waals surface area contributed by atoms with Gasteiger partial charge in [-0.25, -0.2) is 4.79 Å². The van der Waals surface area contributed by atoms with E-state index >= 15 is 0 Å². The predicted molar refractivity (Wildman–Crippen MR) is 57.9 cm³/mol. The Labute approximate surface area is 90.0 Å². The van der Waals surface area contributed by atoms with Crippen molar-refractivity contribution in [3.63, 3.8) is 0 Å². The summed E-state index contributed by atoms with van der Waals surface area (Å²) in [6.07, 6.45) is 2.73. The molecule has 0 aromatic heterocycles. The van der Waals surface area contributed by atoms with Crippen LogP contribution in [-0.4, -0.2) is 24.5 Å². The zero-order valence-electron chi connectivity index (χ0n) is 9.61. The average molecular weight is 211 g/mol. The van der Waals surface area contributed by atoms with Crippen molar-refractivity contribution in [2.75, 3.05) is 6.61 Å². The molecule has 0 spiro atoms. The van der Waals surface area contributed by atoms with Crippen molar-refractivity contribution in [3.8, 4) is 0 Å². The lowest BCUT2D eigenvalue weighted by Gasteiger charge is -2.17. The minimum Gasteiger partial charge on any atom is -0.492 e. The predicted octanol–water partition coefficient (Wildman–Crippen LogP) is 2.54. The highest BCUT2D eigenvalue weighted by molar-refractivity contribution is 5.87. The van der Waals surface area contributed by atoms with Gasteiger partial charge in [0.15, 0.2) is 0 Å². The van der Waals surface area contributed by atoms with Crippen LogP contribution in [0.15, 0.2) is 16.8 Å². The third-order valence-electron chi connectivity index (χ3n) is 1.65. The van der Waals surface area contributed by atoms with Gasteiger partial charge in [0, 0.05) is 5.92 Å². The summed E-state index contributed by atoms with van der Waals surface area (Å²) in [5.74, 6) is 1.01. The second-order valence-electron chi connectivity index (χ2n) is 4.60. The number of rotatable bonds is 1. The molecule has 1 heterocycles. The molecule has 1 amide bonds. The van der Waals surface area contributed by atoms with Crippen LogP contribution in [0.25, 0.3) is 0 Å². The van der Waals surface area contributed by atoms with Gasteiger partial charge in [0.25, 0.3) is 0 Å². The van der Waals surface area contributed by atoms with E-state index in [0.29, 0.717) is 18.3 Å². The average Bonchev–Trinajstić information content (AvgIpc) is 2.45. The molecule has 0 bridgehead atoms. The minimum absolute atomic E-state index is 0.380. The van der Waals surface area contributed by atoms with Gasteiger partial charge < -0.3 is 9.47 Å². The fraction of sp³-hybridized carbons (Fsp3) is 0.636. The molecule has 1 atom stereocenters. The standard InChI is InChI=1S/C11H17NO3/c1-8-5-9(14-7-8)6-12-10(13)15-11(2,3)4/h5-6,8H,7H2,1-4H3. The van der Waals surface area contributed by atoms with E-state index < -0.39 is 11.7 Å². The highest BCUT2D eigenvalue weighted by Crippen LogP contribution is 2.13. The first-order chi connectivity index (χ1) is 6.87. The molecule has 0 radical (unpaired) electrons. The molecule has 15 heavy (non-hydrogen) atoms. The SMILES string of the molecule is CC1C=C(C=NC(=O)OC(C)(C)C)OC1. The maximum atomic E-state index is 11.2. The highest BCUT2D eigenvalue weighted by Gasteiger charge is 2.16. The van der Waals surface area contributed by atoms with Crippen molar-refractivity contribution in [1.29, 1.82) is 0 Å². The van der Waals surface area contributed by atoms with Crippen LogP contribution in [0.3, 0.4) is 0 Å². The van der Waals surface area contributed by atoms with Crippen molar-refractivity contribution in [2.45, 2.75) is 33.3 Å². The molecule has 0 saturated heterocycles. The van der Waals surface area contributed by atoms with E-state index in [1.54, 1.807) is 20.8 Å². The molecule has 0 fully saturated rings. The molecule has 1 rings (SSSR count). The molecule has 0 aromatic rings. The summed E-state index contributed by atoms with van der Waals surface area (Å²) in [5, 5.41) is 0. The van der Waals surface area contributed by atoms with Crippen LogP contribution in [0.4, 0.5) is 4.79 Å². The number of carbonyl (C=O) groups is 1.